The Bertz CT molecular complexity index is 1770. The van der Waals surface area contributed by atoms with Gasteiger partial charge in [0.25, 0.3) is 0 Å². The third kappa shape index (κ3) is 22.8. The second kappa shape index (κ2) is 30.9. The van der Waals surface area contributed by atoms with Gasteiger partial charge in [-0.3, -0.25) is 0 Å². The van der Waals surface area contributed by atoms with Gasteiger partial charge in [-0.1, -0.05) is 146 Å². The molecule has 0 aliphatic rings. The molecule has 0 fully saturated rings. The number of hydrogen-bond donors (Lipinski definition) is 0. The summed E-state index contributed by atoms with van der Waals surface area (Å²) in [7, 11) is 0. The van der Waals surface area contributed by atoms with E-state index in [1.807, 2.05) is 182 Å². The fraction of sp³-hybridized carbons (Fsp3) is 0. The molecule has 0 N–H and O–H groups in total. The van der Waals surface area contributed by atoms with Crippen LogP contribution in [-0.4, -0.2) is 17.3 Å². The average Bonchev–Trinajstić information content (AvgIpc) is 3.24. The van der Waals surface area contributed by atoms with Gasteiger partial charge in [-0.05, 0) is 16.7 Å². The van der Waals surface area contributed by atoms with E-state index in [9.17, 15) is 14.4 Å². The van der Waals surface area contributed by atoms with E-state index in [2.05, 4.69) is 18.2 Å². The van der Waals surface area contributed by atoms with Gasteiger partial charge in [0.05, 0.1) is 17.3 Å². The number of carbonyl (C=O) groups is 3. The number of ketones is 3. The third-order valence-electron chi connectivity index (χ3n) is 7.22. The molecule has 0 radical (unpaired) electrons. The molecule has 294 valence electrons. The molecular formula is C51H39O3Pd3-3. The molecule has 57 heavy (non-hydrogen) atoms. The van der Waals surface area contributed by atoms with E-state index in [1.165, 1.54) is 18.2 Å². The Hall–Kier alpha value is -5.24. The van der Waals surface area contributed by atoms with Crippen molar-refractivity contribution in [1.29, 1.82) is 0 Å². The SMILES string of the molecule is O=C([C-]=Cc1ccccc1)C=Cc1ccccc1.O=C([C-]=Cc1ccccc1)C=Cc1ccccc1.O=C([C-]=Cc1ccccc1)C=Cc1ccccc1.[Pd].[Pd].[Pd]. The van der Waals surface area contributed by atoms with Crippen LogP contribution in [0.3, 0.4) is 0 Å². The van der Waals surface area contributed by atoms with Gasteiger partial charge in [0.15, 0.2) is 0 Å². The van der Waals surface area contributed by atoms with Crippen molar-refractivity contribution in [2.75, 3.05) is 0 Å². The van der Waals surface area contributed by atoms with Crippen LogP contribution < -0.4 is 0 Å². The Kier molecular flexibility index (Phi) is 27.0. The molecule has 0 heterocycles. The van der Waals surface area contributed by atoms with Crippen molar-refractivity contribution in [3.05, 3.63) is 252 Å². The summed E-state index contributed by atoms with van der Waals surface area (Å²) >= 11 is 0. The van der Waals surface area contributed by atoms with E-state index in [-0.39, 0.29) is 78.6 Å². The Labute approximate surface area is 378 Å². The predicted molar refractivity (Wildman–Crippen MR) is 224 cm³/mol. The van der Waals surface area contributed by atoms with Crippen LogP contribution in [0.5, 0.6) is 0 Å². The van der Waals surface area contributed by atoms with Crippen LogP contribution in [0.25, 0.3) is 36.5 Å². The second-order valence-electron chi connectivity index (χ2n) is 11.4. The van der Waals surface area contributed by atoms with E-state index in [4.69, 9.17) is 0 Å². The van der Waals surface area contributed by atoms with Crippen LogP contribution in [0.4, 0.5) is 0 Å². The first-order valence-corrected chi connectivity index (χ1v) is 17.3. The van der Waals surface area contributed by atoms with Crippen molar-refractivity contribution in [2.45, 2.75) is 0 Å². The largest absolute Gasteiger partial charge is 0.319 e. The molecule has 0 unspecified atom stereocenters. The Morgan fingerprint density at radius 2 is 0.456 bits per heavy atom. The molecule has 3 nitrogen and oxygen atoms in total. The van der Waals surface area contributed by atoms with Crippen LogP contribution in [0.2, 0.25) is 0 Å². The zero-order valence-corrected chi connectivity index (χ0v) is 35.4. The maximum absolute atomic E-state index is 11.6. The van der Waals surface area contributed by atoms with Gasteiger partial charge in [0, 0.05) is 61.3 Å². The molecule has 6 aromatic carbocycles. The molecule has 0 saturated heterocycles. The van der Waals surface area contributed by atoms with E-state index in [0.717, 1.165) is 33.4 Å². The van der Waals surface area contributed by atoms with Gasteiger partial charge in [0.2, 0.25) is 0 Å². The van der Waals surface area contributed by atoms with Gasteiger partial charge in [0.1, 0.15) is 0 Å². The Morgan fingerprint density at radius 3 is 0.649 bits per heavy atom. The number of hydrogen-bond acceptors (Lipinski definition) is 3. The van der Waals surface area contributed by atoms with E-state index in [1.54, 1.807) is 36.5 Å². The van der Waals surface area contributed by atoms with Gasteiger partial charge in [-0.15, -0.1) is 108 Å². The molecule has 0 saturated carbocycles. The van der Waals surface area contributed by atoms with E-state index in [0.29, 0.717) is 0 Å². The Morgan fingerprint density at radius 1 is 0.281 bits per heavy atom. The van der Waals surface area contributed by atoms with Crippen molar-refractivity contribution in [2.24, 2.45) is 0 Å². The normalized spacial score (nSPS) is 10.5. The monoisotopic (exact) mass is 1020 g/mol. The van der Waals surface area contributed by atoms with Gasteiger partial charge >= 0.3 is 0 Å². The second-order valence-corrected chi connectivity index (χ2v) is 11.4. The number of carbonyl (C=O) groups excluding carboxylic acids is 3. The summed E-state index contributed by atoms with van der Waals surface area (Å²) in [6.07, 6.45) is 23.2. The van der Waals surface area contributed by atoms with E-state index >= 15 is 0 Å². The molecule has 6 rings (SSSR count). The van der Waals surface area contributed by atoms with Crippen molar-refractivity contribution in [3.8, 4) is 0 Å². The number of allylic oxidation sites excluding steroid dienone is 6. The molecule has 0 amide bonds. The summed E-state index contributed by atoms with van der Waals surface area (Å²) in [5.41, 5.74) is 5.93. The molecule has 0 aromatic heterocycles. The maximum atomic E-state index is 11.6. The van der Waals surface area contributed by atoms with Crippen LogP contribution in [-0.2, 0) is 75.7 Å². The number of benzene rings is 6. The minimum Gasteiger partial charge on any atom is -0.319 e. The molecule has 6 aromatic rings. The minimum atomic E-state index is -0.136. The quantitative estimate of drug-likeness (QED) is 0.0697. The molecule has 0 atom stereocenters. The molecular weight excluding hydrogens is 980 g/mol. The molecule has 0 spiro atoms. The summed E-state index contributed by atoms with van der Waals surface area (Å²) in [5.74, 6) is -0.409. The van der Waals surface area contributed by atoms with Gasteiger partial charge in [-0.2, -0.15) is 18.2 Å². The number of rotatable bonds is 12. The smallest absolute Gasteiger partial charge is 0.0684 e. The van der Waals surface area contributed by atoms with Crippen molar-refractivity contribution < 1.29 is 75.7 Å². The van der Waals surface area contributed by atoms with Crippen LogP contribution in [0.1, 0.15) is 33.4 Å². The minimum absolute atomic E-state index is 0. The predicted octanol–water partition coefficient (Wildman–Crippen LogP) is 11.3. The Balaban J connectivity index is 0.000000417. The topological polar surface area (TPSA) is 51.2 Å². The fourth-order valence-electron chi connectivity index (χ4n) is 4.46. The summed E-state index contributed by atoms with van der Waals surface area (Å²) in [6.45, 7) is 0. The summed E-state index contributed by atoms with van der Waals surface area (Å²) in [5, 5.41) is 0. The summed E-state index contributed by atoms with van der Waals surface area (Å²) in [6, 6.07) is 58.1. The summed E-state index contributed by atoms with van der Waals surface area (Å²) < 4.78 is 0. The van der Waals surface area contributed by atoms with Gasteiger partial charge in [-0.25, -0.2) is 0 Å². The van der Waals surface area contributed by atoms with Crippen LogP contribution >= 0.6 is 0 Å². The third-order valence-corrected chi connectivity index (χ3v) is 7.22. The fourth-order valence-corrected chi connectivity index (χ4v) is 4.46. The standard InChI is InChI=1S/3C17H13O.3Pd/c3*18-17(13-11-15-7-3-1-4-8-15)14-12-16-9-5-2-6-10-16;;;/h3*1-13H;;;/q3*-1;;;. The van der Waals surface area contributed by atoms with Gasteiger partial charge < -0.3 is 14.4 Å². The van der Waals surface area contributed by atoms with E-state index < -0.39 is 0 Å². The van der Waals surface area contributed by atoms with Crippen LogP contribution in [0.15, 0.2) is 200 Å². The molecule has 0 bridgehead atoms. The molecule has 0 aliphatic carbocycles. The van der Waals surface area contributed by atoms with Crippen LogP contribution in [0, 0.1) is 18.2 Å². The first-order valence-electron chi connectivity index (χ1n) is 17.3. The molecule has 0 aliphatic heterocycles. The zero-order valence-electron chi connectivity index (χ0n) is 30.7. The van der Waals surface area contributed by atoms with Crippen molar-refractivity contribution in [1.82, 2.24) is 0 Å². The average molecular weight is 1020 g/mol. The maximum Gasteiger partial charge on any atom is 0.0684 e. The first kappa shape index (κ1) is 49.8. The zero-order chi connectivity index (χ0) is 37.9. The molecule has 6 heteroatoms. The summed E-state index contributed by atoms with van der Waals surface area (Å²) in [4.78, 5) is 34.7. The first-order chi connectivity index (χ1) is 26.5. The van der Waals surface area contributed by atoms with Crippen molar-refractivity contribution >= 4 is 53.8 Å². The van der Waals surface area contributed by atoms with Crippen molar-refractivity contribution in [3.63, 3.8) is 0 Å².